The summed E-state index contributed by atoms with van der Waals surface area (Å²) in [5, 5.41) is 10.5. The number of hydrogen-bond donors (Lipinski definition) is 0. The first-order valence-corrected chi connectivity index (χ1v) is 4.11. The summed E-state index contributed by atoms with van der Waals surface area (Å²) in [5.41, 5.74) is -0.546. The van der Waals surface area contributed by atoms with Gasteiger partial charge in [0.05, 0.1) is 5.56 Å². The fraction of sp³-hybridized carbons (Fsp3) is 0.250. The number of aldehydes is 1. The largest absolute Gasteiger partial charge is 0.573 e. The molecule has 0 amide bonds. The molecule has 17 heavy (non-hydrogen) atoms. The second kappa shape index (κ2) is 4.36. The Morgan fingerprint density at radius 1 is 1.53 bits per heavy atom. The van der Waals surface area contributed by atoms with Gasteiger partial charge in [0, 0.05) is 6.92 Å². The van der Waals surface area contributed by atoms with E-state index in [9.17, 15) is 28.1 Å². The summed E-state index contributed by atoms with van der Waals surface area (Å²) in [5.74, 6) is -2.35. The molecule has 1 aromatic heterocycles. The van der Waals surface area contributed by atoms with Gasteiger partial charge in [-0.05, 0) is 16.0 Å². The van der Waals surface area contributed by atoms with Crippen molar-refractivity contribution >= 4 is 12.1 Å². The number of ether oxygens (including phenoxy) is 1. The Morgan fingerprint density at radius 3 is 2.53 bits per heavy atom. The first-order chi connectivity index (χ1) is 7.74. The molecular formula is C8H5F3N2O4. The molecule has 0 aromatic carbocycles. The monoisotopic (exact) mass is 250 g/mol. The molecule has 0 saturated heterocycles. The minimum atomic E-state index is -5.14. The van der Waals surface area contributed by atoms with E-state index in [2.05, 4.69) is 9.72 Å². The molecule has 0 aliphatic rings. The number of nitro groups is 1. The molecule has 6 nitrogen and oxygen atoms in total. The highest BCUT2D eigenvalue weighted by Gasteiger charge is 2.37. The maximum Gasteiger partial charge on any atom is 0.573 e. The molecule has 1 aromatic rings. The molecule has 0 bridgehead atoms. The normalized spacial score (nSPS) is 11.1. The van der Waals surface area contributed by atoms with E-state index >= 15 is 0 Å². The molecule has 0 saturated carbocycles. The minimum Gasteiger partial charge on any atom is -0.396 e. The van der Waals surface area contributed by atoms with Gasteiger partial charge >= 0.3 is 12.2 Å². The van der Waals surface area contributed by atoms with Crippen molar-refractivity contribution in [1.82, 2.24) is 4.98 Å². The molecule has 9 heteroatoms. The third-order valence-corrected chi connectivity index (χ3v) is 1.63. The number of aryl methyl sites for hydroxylation is 1. The van der Waals surface area contributed by atoms with Gasteiger partial charge in [0.25, 0.3) is 0 Å². The molecule has 0 N–H and O–H groups in total. The molecule has 0 aliphatic carbocycles. The number of halogens is 3. The Morgan fingerprint density at radius 2 is 2.12 bits per heavy atom. The van der Waals surface area contributed by atoms with Crippen molar-refractivity contribution in [2.45, 2.75) is 13.3 Å². The Labute approximate surface area is 92.2 Å². The van der Waals surface area contributed by atoms with Crippen molar-refractivity contribution in [2.75, 3.05) is 0 Å². The number of rotatable bonds is 3. The summed E-state index contributed by atoms with van der Waals surface area (Å²) in [6.07, 6.45) is -5.11. The van der Waals surface area contributed by atoms with E-state index in [0.29, 0.717) is 0 Å². The van der Waals surface area contributed by atoms with E-state index in [-0.39, 0.29) is 12.0 Å². The van der Waals surface area contributed by atoms with Crippen LogP contribution in [0.4, 0.5) is 19.0 Å². The third kappa shape index (κ3) is 3.13. The SMILES string of the molecule is Cc1cc(C=O)c(OC(F)(F)F)c([N+](=O)[O-])n1. The molecular weight excluding hydrogens is 245 g/mol. The van der Waals surface area contributed by atoms with Crippen molar-refractivity contribution in [3.05, 3.63) is 27.4 Å². The summed E-state index contributed by atoms with van der Waals surface area (Å²) in [6.45, 7) is 1.30. The van der Waals surface area contributed by atoms with E-state index in [4.69, 9.17) is 0 Å². The van der Waals surface area contributed by atoms with Gasteiger partial charge in [-0.25, -0.2) is 0 Å². The predicted octanol–water partition coefficient (Wildman–Crippen LogP) is 2.01. The number of pyridine rings is 1. The van der Waals surface area contributed by atoms with Crippen LogP contribution in [-0.4, -0.2) is 22.6 Å². The smallest absolute Gasteiger partial charge is 0.396 e. The van der Waals surface area contributed by atoms with E-state index in [1.807, 2.05) is 0 Å². The zero-order chi connectivity index (χ0) is 13.2. The topological polar surface area (TPSA) is 82.3 Å². The molecule has 0 unspecified atom stereocenters. The molecule has 0 atom stereocenters. The summed E-state index contributed by atoms with van der Waals surface area (Å²) in [6, 6.07) is 0.959. The standard InChI is InChI=1S/C8H5F3N2O4/c1-4-2-5(3-14)6(17-8(9,10)11)7(12-4)13(15)16/h2-3H,1H3. The minimum absolute atomic E-state index is 0.0305. The Bertz CT molecular complexity index is 473. The maximum absolute atomic E-state index is 12.0. The van der Waals surface area contributed by atoms with Gasteiger partial charge in [-0.2, -0.15) is 0 Å². The van der Waals surface area contributed by atoms with Crippen LogP contribution in [0.2, 0.25) is 0 Å². The molecule has 0 spiro atoms. The Hall–Kier alpha value is -2.19. The quantitative estimate of drug-likeness (QED) is 0.465. The van der Waals surface area contributed by atoms with Gasteiger partial charge in [-0.3, -0.25) is 4.79 Å². The highest BCUT2D eigenvalue weighted by molar-refractivity contribution is 5.81. The number of carbonyl (C=O) groups excluding carboxylic acids is 1. The van der Waals surface area contributed by atoms with Crippen LogP contribution in [0.3, 0.4) is 0 Å². The molecule has 1 rings (SSSR count). The van der Waals surface area contributed by atoms with Crippen LogP contribution in [-0.2, 0) is 0 Å². The first-order valence-electron chi connectivity index (χ1n) is 4.11. The van der Waals surface area contributed by atoms with Crippen molar-refractivity contribution < 1.29 is 27.6 Å². The van der Waals surface area contributed by atoms with Gasteiger partial charge in [0.2, 0.25) is 5.75 Å². The number of hydrogen-bond acceptors (Lipinski definition) is 5. The maximum atomic E-state index is 12.0. The summed E-state index contributed by atoms with van der Waals surface area (Å²) in [4.78, 5) is 23.2. The van der Waals surface area contributed by atoms with Crippen molar-refractivity contribution in [3.8, 4) is 5.75 Å². The van der Waals surface area contributed by atoms with E-state index in [1.54, 1.807) is 0 Å². The van der Waals surface area contributed by atoms with Gasteiger partial charge in [-0.15, -0.1) is 13.2 Å². The van der Waals surface area contributed by atoms with Gasteiger partial charge in [-0.1, -0.05) is 0 Å². The van der Waals surface area contributed by atoms with E-state index < -0.39 is 28.4 Å². The fourth-order valence-corrected chi connectivity index (χ4v) is 1.10. The van der Waals surface area contributed by atoms with Gasteiger partial charge in [0.15, 0.2) is 12.0 Å². The van der Waals surface area contributed by atoms with Crippen LogP contribution in [0, 0.1) is 17.0 Å². The highest BCUT2D eigenvalue weighted by atomic mass is 19.4. The lowest BCUT2D eigenvalue weighted by atomic mass is 10.2. The van der Waals surface area contributed by atoms with E-state index in [0.717, 1.165) is 6.07 Å². The number of aromatic nitrogens is 1. The average molecular weight is 250 g/mol. The molecule has 0 aliphatic heterocycles. The molecule has 1 heterocycles. The van der Waals surface area contributed by atoms with Crippen molar-refractivity contribution in [2.24, 2.45) is 0 Å². The zero-order valence-corrected chi connectivity index (χ0v) is 8.32. The lowest BCUT2D eigenvalue weighted by Gasteiger charge is -2.10. The van der Waals surface area contributed by atoms with Gasteiger partial charge in [0.1, 0.15) is 0 Å². The predicted molar refractivity (Wildman–Crippen MR) is 47.7 cm³/mol. The Kier molecular flexibility index (Phi) is 3.30. The summed E-state index contributed by atoms with van der Waals surface area (Å²) < 4.78 is 39.5. The van der Waals surface area contributed by atoms with Crippen LogP contribution in [0.1, 0.15) is 16.1 Å². The Balaban J connectivity index is 3.42. The summed E-state index contributed by atoms with van der Waals surface area (Å²) in [7, 11) is 0. The number of nitrogens with zero attached hydrogens (tertiary/aromatic N) is 2. The second-order valence-corrected chi connectivity index (χ2v) is 2.93. The lowest BCUT2D eigenvalue weighted by molar-refractivity contribution is -0.393. The van der Waals surface area contributed by atoms with Crippen molar-refractivity contribution in [1.29, 1.82) is 0 Å². The first kappa shape index (κ1) is 12.9. The highest BCUT2D eigenvalue weighted by Crippen LogP contribution is 2.33. The lowest BCUT2D eigenvalue weighted by Crippen LogP contribution is -2.19. The fourth-order valence-electron chi connectivity index (χ4n) is 1.10. The van der Waals surface area contributed by atoms with Crippen LogP contribution in [0.15, 0.2) is 6.07 Å². The average Bonchev–Trinajstić information content (AvgIpc) is 2.17. The number of alkyl halides is 3. The van der Waals surface area contributed by atoms with Crippen molar-refractivity contribution in [3.63, 3.8) is 0 Å². The van der Waals surface area contributed by atoms with Crippen LogP contribution in [0.25, 0.3) is 0 Å². The zero-order valence-electron chi connectivity index (χ0n) is 8.32. The number of carbonyl (C=O) groups is 1. The van der Waals surface area contributed by atoms with Crippen LogP contribution >= 0.6 is 0 Å². The molecule has 0 fully saturated rings. The molecule has 0 radical (unpaired) electrons. The third-order valence-electron chi connectivity index (χ3n) is 1.63. The van der Waals surface area contributed by atoms with E-state index in [1.165, 1.54) is 6.92 Å². The second-order valence-electron chi connectivity index (χ2n) is 2.93. The summed E-state index contributed by atoms with van der Waals surface area (Å²) >= 11 is 0. The van der Waals surface area contributed by atoms with Crippen LogP contribution in [0.5, 0.6) is 5.75 Å². The van der Waals surface area contributed by atoms with Crippen LogP contribution < -0.4 is 4.74 Å². The molecule has 92 valence electrons. The van der Waals surface area contributed by atoms with Gasteiger partial charge < -0.3 is 14.9 Å².